The van der Waals surface area contributed by atoms with Crippen molar-refractivity contribution in [3.05, 3.63) is 96.1 Å². The molecule has 0 aliphatic rings. The van der Waals surface area contributed by atoms with Crippen molar-refractivity contribution in [1.29, 1.82) is 0 Å². The summed E-state index contributed by atoms with van der Waals surface area (Å²) in [5, 5.41) is 6.89. The number of carbonyl (C=O) groups excluding carboxylic acids is 1. The predicted octanol–water partition coefficient (Wildman–Crippen LogP) is 3.32. The SMILES string of the molecule is COc1ccc(C(=O)NCc2ccc(-n3cncn3)cc2)cc1S(=O)(=O)Nc1ccc(C)cc1. The van der Waals surface area contributed by atoms with Gasteiger partial charge in [0.2, 0.25) is 0 Å². The number of methoxy groups -OCH3 is 1. The zero-order valence-corrected chi connectivity index (χ0v) is 19.4. The van der Waals surface area contributed by atoms with Crippen molar-refractivity contribution in [3.8, 4) is 11.4 Å². The molecule has 0 saturated heterocycles. The van der Waals surface area contributed by atoms with Crippen LogP contribution in [0.4, 0.5) is 5.69 Å². The summed E-state index contributed by atoms with van der Waals surface area (Å²) < 4.78 is 35.4. The Hall–Kier alpha value is -4.18. The molecule has 4 rings (SSSR count). The Bertz CT molecular complexity index is 1380. The van der Waals surface area contributed by atoms with Gasteiger partial charge in [-0.1, -0.05) is 29.8 Å². The number of sulfonamides is 1. The summed E-state index contributed by atoms with van der Waals surface area (Å²) in [5.41, 5.74) is 3.34. The minimum atomic E-state index is -3.99. The van der Waals surface area contributed by atoms with E-state index in [0.29, 0.717) is 5.69 Å². The second-order valence-electron chi connectivity index (χ2n) is 7.53. The van der Waals surface area contributed by atoms with Gasteiger partial charge < -0.3 is 10.1 Å². The molecular formula is C24H23N5O4S. The van der Waals surface area contributed by atoms with E-state index in [1.807, 2.05) is 31.2 Å². The van der Waals surface area contributed by atoms with Gasteiger partial charge in [-0.05, 0) is 55.0 Å². The lowest BCUT2D eigenvalue weighted by Crippen LogP contribution is -2.23. The Morgan fingerprint density at radius 2 is 1.76 bits per heavy atom. The molecule has 2 N–H and O–H groups in total. The van der Waals surface area contributed by atoms with Crippen LogP contribution in [0.3, 0.4) is 0 Å². The fourth-order valence-electron chi connectivity index (χ4n) is 3.25. The number of amides is 1. The molecule has 4 aromatic rings. The number of carbonyl (C=O) groups is 1. The van der Waals surface area contributed by atoms with Crippen LogP contribution >= 0.6 is 0 Å². The first-order valence-electron chi connectivity index (χ1n) is 10.4. The summed E-state index contributed by atoms with van der Waals surface area (Å²) in [6, 6.07) is 18.7. The topological polar surface area (TPSA) is 115 Å². The van der Waals surface area contributed by atoms with Crippen LogP contribution in [-0.2, 0) is 16.6 Å². The number of hydrogen-bond donors (Lipinski definition) is 2. The first-order valence-corrected chi connectivity index (χ1v) is 11.8. The molecule has 10 heteroatoms. The smallest absolute Gasteiger partial charge is 0.265 e. The minimum absolute atomic E-state index is 0.125. The molecule has 9 nitrogen and oxygen atoms in total. The van der Waals surface area contributed by atoms with Crippen LogP contribution < -0.4 is 14.8 Å². The summed E-state index contributed by atoms with van der Waals surface area (Å²) >= 11 is 0. The lowest BCUT2D eigenvalue weighted by Gasteiger charge is -2.13. The van der Waals surface area contributed by atoms with Crippen molar-refractivity contribution in [2.75, 3.05) is 11.8 Å². The number of aryl methyl sites for hydroxylation is 1. The molecule has 0 aliphatic carbocycles. The summed E-state index contributed by atoms with van der Waals surface area (Å²) in [5.74, 6) is -0.269. The van der Waals surface area contributed by atoms with E-state index in [-0.39, 0.29) is 22.8 Å². The van der Waals surface area contributed by atoms with Gasteiger partial charge in [-0.2, -0.15) is 5.10 Å². The Morgan fingerprint density at radius 1 is 1.03 bits per heavy atom. The second-order valence-corrected chi connectivity index (χ2v) is 9.18. The van der Waals surface area contributed by atoms with E-state index in [1.54, 1.807) is 35.3 Å². The maximum atomic E-state index is 13.0. The number of nitrogens with one attached hydrogen (secondary N) is 2. The molecule has 34 heavy (non-hydrogen) atoms. The average molecular weight is 478 g/mol. The number of nitrogens with zero attached hydrogens (tertiary/aromatic N) is 3. The fourth-order valence-corrected chi connectivity index (χ4v) is 4.51. The van der Waals surface area contributed by atoms with Crippen molar-refractivity contribution in [2.24, 2.45) is 0 Å². The van der Waals surface area contributed by atoms with E-state index in [0.717, 1.165) is 16.8 Å². The minimum Gasteiger partial charge on any atom is -0.495 e. The van der Waals surface area contributed by atoms with Crippen molar-refractivity contribution >= 4 is 21.6 Å². The Morgan fingerprint density at radius 3 is 2.41 bits per heavy atom. The molecule has 0 spiro atoms. The molecule has 0 unspecified atom stereocenters. The molecule has 0 atom stereocenters. The highest BCUT2D eigenvalue weighted by Gasteiger charge is 2.22. The third-order valence-corrected chi connectivity index (χ3v) is 6.49. The van der Waals surface area contributed by atoms with E-state index in [9.17, 15) is 13.2 Å². The van der Waals surface area contributed by atoms with Crippen LogP contribution in [0.25, 0.3) is 5.69 Å². The third-order valence-electron chi connectivity index (χ3n) is 5.09. The van der Waals surface area contributed by atoms with Crippen molar-refractivity contribution < 1.29 is 17.9 Å². The maximum absolute atomic E-state index is 13.0. The molecule has 0 bridgehead atoms. The molecule has 1 amide bonds. The summed E-state index contributed by atoms with van der Waals surface area (Å²) in [7, 11) is -2.61. The molecule has 1 heterocycles. The van der Waals surface area contributed by atoms with Crippen molar-refractivity contribution in [1.82, 2.24) is 20.1 Å². The van der Waals surface area contributed by atoms with Crippen LogP contribution in [0, 0.1) is 6.92 Å². The van der Waals surface area contributed by atoms with E-state index < -0.39 is 15.9 Å². The third kappa shape index (κ3) is 5.24. The number of ether oxygens (including phenoxy) is 1. The standard InChI is InChI=1S/C24H23N5O4S/c1-17-3-8-20(9-4-17)28-34(31,32)23-13-19(7-12-22(23)33-2)24(30)26-14-18-5-10-21(11-6-18)29-16-25-15-27-29/h3-13,15-16,28H,14H2,1-2H3,(H,26,30). The number of benzene rings is 3. The number of aromatic nitrogens is 3. The van der Waals surface area contributed by atoms with E-state index >= 15 is 0 Å². The molecule has 0 fully saturated rings. The highest BCUT2D eigenvalue weighted by molar-refractivity contribution is 7.92. The molecule has 174 valence electrons. The molecule has 0 saturated carbocycles. The Kier molecular flexibility index (Phi) is 6.60. The van der Waals surface area contributed by atoms with Gasteiger partial charge in [0.05, 0.1) is 12.8 Å². The summed E-state index contributed by atoms with van der Waals surface area (Å²) in [6.45, 7) is 2.18. The predicted molar refractivity (Wildman–Crippen MR) is 128 cm³/mol. The lowest BCUT2D eigenvalue weighted by molar-refractivity contribution is 0.0950. The zero-order chi connectivity index (χ0) is 24.1. The lowest BCUT2D eigenvalue weighted by atomic mass is 10.1. The highest BCUT2D eigenvalue weighted by Crippen LogP contribution is 2.27. The monoisotopic (exact) mass is 477 g/mol. The van der Waals surface area contributed by atoms with Crippen LogP contribution in [0.2, 0.25) is 0 Å². The first-order chi connectivity index (χ1) is 16.4. The van der Waals surface area contributed by atoms with Gasteiger partial charge in [0.15, 0.2) is 0 Å². The second kappa shape index (κ2) is 9.75. The molecule has 3 aromatic carbocycles. The molecule has 1 aromatic heterocycles. The van der Waals surface area contributed by atoms with Gasteiger partial charge in [0.1, 0.15) is 23.3 Å². The summed E-state index contributed by atoms with van der Waals surface area (Å²) in [4.78, 5) is 16.5. The quantitative estimate of drug-likeness (QED) is 0.402. The highest BCUT2D eigenvalue weighted by atomic mass is 32.2. The summed E-state index contributed by atoms with van der Waals surface area (Å²) in [6.07, 6.45) is 3.05. The van der Waals surface area contributed by atoms with Crippen molar-refractivity contribution in [2.45, 2.75) is 18.4 Å². The van der Waals surface area contributed by atoms with Gasteiger partial charge in [-0.3, -0.25) is 9.52 Å². The van der Waals surface area contributed by atoms with Gasteiger partial charge in [-0.25, -0.2) is 18.1 Å². The van der Waals surface area contributed by atoms with E-state index in [2.05, 4.69) is 20.1 Å². The van der Waals surface area contributed by atoms with Gasteiger partial charge >= 0.3 is 0 Å². The van der Waals surface area contributed by atoms with Gasteiger partial charge in [0.25, 0.3) is 15.9 Å². The average Bonchev–Trinajstić information content (AvgIpc) is 3.39. The molecule has 0 aliphatic heterocycles. The first kappa shape index (κ1) is 23.0. The van der Waals surface area contributed by atoms with Crippen LogP contribution in [0.5, 0.6) is 5.75 Å². The van der Waals surface area contributed by atoms with E-state index in [1.165, 1.54) is 31.6 Å². The van der Waals surface area contributed by atoms with Crippen LogP contribution in [0.15, 0.2) is 84.3 Å². The Labute approximate surface area is 197 Å². The van der Waals surface area contributed by atoms with Crippen LogP contribution in [0.1, 0.15) is 21.5 Å². The van der Waals surface area contributed by atoms with E-state index in [4.69, 9.17) is 4.74 Å². The maximum Gasteiger partial charge on any atom is 0.265 e. The molecular weight excluding hydrogens is 454 g/mol. The van der Waals surface area contributed by atoms with Crippen molar-refractivity contribution in [3.63, 3.8) is 0 Å². The normalized spacial score (nSPS) is 11.1. The fraction of sp³-hybridized carbons (Fsp3) is 0.125. The van der Waals surface area contributed by atoms with Crippen LogP contribution in [-0.4, -0.2) is 36.2 Å². The zero-order valence-electron chi connectivity index (χ0n) is 18.6. The number of hydrogen-bond acceptors (Lipinski definition) is 6. The van der Waals surface area contributed by atoms with Gasteiger partial charge in [0, 0.05) is 17.8 Å². The van der Waals surface area contributed by atoms with Gasteiger partial charge in [-0.15, -0.1) is 0 Å². The molecule has 0 radical (unpaired) electrons. The number of rotatable bonds is 8. The Balaban J connectivity index is 1.49. The number of anilines is 1. The largest absolute Gasteiger partial charge is 0.495 e.